The van der Waals surface area contributed by atoms with E-state index in [9.17, 15) is 9.90 Å². The molecule has 0 saturated carbocycles. The minimum absolute atomic E-state index is 0.0660. The third-order valence-corrected chi connectivity index (χ3v) is 4.42. The summed E-state index contributed by atoms with van der Waals surface area (Å²) in [4.78, 5) is 20.3. The Morgan fingerprint density at radius 3 is 2.70 bits per heavy atom. The Kier molecular flexibility index (Phi) is 5.91. The van der Waals surface area contributed by atoms with Gasteiger partial charge in [-0.05, 0) is 58.7 Å². The van der Waals surface area contributed by atoms with Gasteiger partial charge in [-0.15, -0.1) is 0 Å². The third-order valence-electron chi connectivity index (χ3n) is 3.41. The largest absolute Gasteiger partial charge is 0.444 e. The molecule has 0 aliphatic carbocycles. The molecule has 0 spiro atoms. The smallest absolute Gasteiger partial charge is 0.410 e. The van der Waals surface area contributed by atoms with Gasteiger partial charge in [0.05, 0.1) is 17.1 Å². The molecule has 1 fully saturated rings. The number of halogens is 2. The average molecular weight is 451 g/mol. The van der Waals surface area contributed by atoms with Gasteiger partial charge in [0.2, 0.25) is 0 Å². The average Bonchev–Trinajstić information content (AvgIpc) is 2.45. The number of aromatic nitrogens is 1. The van der Waals surface area contributed by atoms with E-state index in [4.69, 9.17) is 4.74 Å². The van der Waals surface area contributed by atoms with Gasteiger partial charge in [-0.3, -0.25) is 0 Å². The van der Waals surface area contributed by atoms with E-state index >= 15 is 0 Å². The summed E-state index contributed by atoms with van der Waals surface area (Å²) in [6, 6.07) is 1.69. The Hall–Kier alpha value is -0.860. The van der Waals surface area contributed by atoms with Gasteiger partial charge in [0.1, 0.15) is 11.4 Å². The zero-order valence-electron chi connectivity index (χ0n) is 13.4. The number of carbonyl (C=O) groups excluding carboxylic acids is 1. The number of rotatable bonds is 2. The summed E-state index contributed by atoms with van der Waals surface area (Å²) in [5.41, 5.74) is -0.529. The second kappa shape index (κ2) is 7.36. The number of aliphatic hydroxyl groups is 1. The van der Waals surface area contributed by atoms with Crippen LogP contribution >= 0.6 is 31.9 Å². The van der Waals surface area contributed by atoms with Gasteiger partial charge in [0.15, 0.2) is 0 Å². The number of anilines is 1. The molecule has 1 saturated heterocycles. The topological polar surface area (TPSA) is 65.9 Å². The highest BCUT2D eigenvalue weighted by molar-refractivity contribution is 9.11. The summed E-state index contributed by atoms with van der Waals surface area (Å²) in [7, 11) is 0. The molecule has 128 valence electrons. The molecule has 0 aromatic carbocycles. The van der Waals surface area contributed by atoms with Crippen LogP contribution in [-0.4, -0.2) is 59.0 Å². The number of aliphatic hydroxyl groups excluding tert-OH is 1. The van der Waals surface area contributed by atoms with Gasteiger partial charge >= 0.3 is 6.09 Å². The molecule has 1 N–H and O–H groups in total. The van der Waals surface area contributed by atoms with E-state index in [0.717, 1.165) is 14.8 Å². The third kappa shape index (κ3) is 4.81. The summed E-state index contributed by atoms with van der Waals surface area (Å²) in [5, 5.41) is 9.73. The summed E-state index contributed by atoms with van der Waals surface area (Å²) in [6.45, 7) is 6.96. The first-order valence-electron chi connectivity index (χ1n) is 7.37. The molecule has 2 rings (SSSR count). The summed E-state index contributed by atoms with van der Waals surface area (Å²) in [5.74, 6) is 0.760. The van der Waals surface area contributed by atoms with Crippen LogP contribution in [0.4, 0.5) is 10.6 Å². The van der Waals surface area contributed by atoms with Crippen LogP contribution in [0.25, 0.3) is 0 Å². The fraction of sp³-hybridized carbons (Fsp3) is 0.600. The maximum absolute atomic E-state index is 12.2. The number of piperazine rings is 1. The van der Waals surface area contributed by atoms with Crippen molar-refractivity contribution in [2.24, 2.45) is 0 Å². The predicted molar refractivity (Wildman–Crippen MR) is 95.7 cm³/mol. The highest BCUT2D eigenvalue weighted by Crippen LogP contribution is 2.29. The molecule has 23 heavy (non-hydrogen) atoms. The number of hydrogen-bond acceptors (Lipinski definition) is 5. The Labute approximate surface area is 153 Å². The Morgan fingerprint density at radius 2 is 2.13 bits per heavy atom. The minimum Gasteiger partial charge on any atom is -0.444 e. The second-order valence-electron chi connectivity index (χ2n) is 6.42. The van der Waals surface area contributed by atoms with E-state index in [0.29, 0.717) is 19.6 Å². The Bertz CT molecular complexity index is 578. The molecule has 6 nitrogen and oxygen atoms in total. The molecular formula is C15H21Br2N3O3. The van der Waals surface area contributed by atoms with Gasteiger partial charge < -0.3 is 19.6 Å². The van der Waals surface area contributed by atoms with Crippen LogP contribution in [0.1, 0.15) is 20.8 Å². The van der Waals surface area contributed by atoms with Crippen LogP contribution < -0.4 is 4.90 Å². The number of amides is 1. The van der Waals surface area contributed by atoms with Crippen LogP contribution in [-0.2, 0) is 4.74 Å². The first kappa shape index (κ1) is 18.5. The lowest BCUT2D eigenvalue weighted by atomic mass is 10.1. The van der Waals surface area contributed by atoms with Crippen molar-refractivity contribution < 1.29 is 14.6 Å². The van der Waals surface area contributed by atoms with Crippen molar-refractivity contribution in [1.29, 1.82) is 0 Å². The Balaban J connectivity index is 2.11. The van der Waals surface area contributed by atoms with Gasteiger partial charge in [-0.2, -0.15) is 0 Å². The lowest BCUT2D eigenvalue weighted by Crippen LogP contribution is -2.57. The number of nitrogens with zero attached hydrogens (tertiary/aromatic N) is 3. The van der Waals surface area contributed by atoms with E-state index in [2.05, 4.69) is 36.8 Å². The van der Waals surface area contributed by atoms with Gasteiger partial charge in [0, 0.05) is 30.3 Å². The van der Waals surface area contributed by atoms with Crippen molar-refractivity contribution in [3.63, 3.8) is 0 Å². The lowest BCUT2D eigenvalue weighted by molar-refractivity contribution is 0.0197. The van der Waals surface area contributed by atoms with Crippen LogP contribution in [0, 0.1) is 0 Å². The molecule has 0 bridgehead atoms. The van der Waals surface area contributed by atoms with Crippen LogP contribution in [0.15, 0.2) is 21.2 Å². The van der Waals surface area contributed by atoms with Crippen molar-refractivity contribution in [1.82, 2.24) is 9.88 Å². The predicted octanol–water partition coefficient (Wildman–Crippen LogP) is 3.02. The van der Waals surface area contributed by atoms with Crippen molar-refractivity contribution in [3.8, 4) is 0 Å². The molecule has 1 aliphatic heterocycles. The van der Waals surface area contributed by atoms with Gasteiger partial charge in [0.25, 0.3) is 0 Å². The fourth-order valence-corrected chi connectivity index (χ4v) is 3.62. The molecule has 1 aromatic heterocycles. The molecule has 1 atom stereocenters. The Morgan fingerprint density at radius 1 is 1.43 bits per heavy atom. The molecule has 1 amide bonds. The maximum atomic E-state index is 12.2. The van der Waals surface area contributed by atoms with Crippen molar-refractivity contribution >= 4 is 43.8 Å². The van der Waals surface area contributed by atoms with E-state index in [1.165, 1.54) is 0 Å². The van der Waals surface area contributed by atoms with E-state index in [1.54, 1.807) is 11.1 Å². The molecule has 2 heterocycles. The quantitative estimate of drug-likeness (QED) is 0.750. The standard InChI is InChI=1S/C15H21Br2N3O3/c1-15(2,3)23-14(22)19-4-5-20(11(8-19)9-21)13-12(17)6-10(16)7-18-13/h6-7,11,21H,4-5,8-9H2,1-3H3. The molecule has 1 unspecified atom stereocenters. The van der Waals surface area contributed by atoms with Crippen molar-refractivity contribution in [2.75, 3.05) is 31.1 Å². The van der Waals surface area contributed by atoms with E-state index in [-0.39, 0.29) is 18.7 Å². The highest BCUT2D eigenvalue weighted by Gasteiger charge is 2.33. The molecular weight excluding hydrogens is 430 g/mol. The number of pyridine rings is 1. The highest BCUT2D eigenvalue weighted by atomic mass is 79.9. The number of carbonyl (C=O) groups is 1. The normalized spacial score (nSPS) is 19.0. The first-order valence-corrected chi connectivity index (χ1v) is 8.96. The minimum atomic E-state index is -0.529. The first-order chi connectivity index (χ1) is 10.7. The van der Waals surface area contributed by atoms with Crippen LogP contribution in [0.5, 0.6) is 0 Å². The van der Waals surface area contributed by atoms with Crippen LogP contribution in [0.2, 0.25) is 0 Å². The zero-order valence-corrected chi connectivity index (χ0v) is 16.6. The molecule has 8 heteroatoms. The number of hydrogen-bond donors (Lipinski definition) is 1. The van der Waals surface area contributed by atoms with E-state index in [1.807, 2.05) is 31.7 Å². The fourth-order valence-electron chi connectivity index (χ4n) is 2.40. The molecule has 1 aromatic rings. The number of ether oxygens (including phenoxy) is 1. The second-order valence-corrected chi connectivity index (χ2v) is 8.19. The van der Waals surface area contributed by atoms with Crippen LogP contribution in [0.3, 0.4) is 0 Å². The van der Waals surface area contributed by atoms with Crippen molar-refractivity contribution in [2.45, 2.75) is 32.4 Å². The lowest BCUT2D eigenvalue weighted by Gasteiger charge is -2.41. The van der Waals surface area contributed by atoms with Gasteiger partial charge in [-0.25, -0.2) is 9.78 Å². The zero-order chi connectivity index (χ0) is 17.2. The molecule has 1 aliphatic rings. The SMILES string of the molecule is CC(C)(C)OC(=O)N1CCN(c2ncc(Br)cc2Br)C(CO)C1. The maximum Gasteiger partial charge on any atom is 0.410 e. The summed E-state index contributed by atoms with van der Waals surface area (Å²) < 4.78 is 7.13. The van der Waals surface area contributed by atoms with Crippen molar-refractivity contribution in [3.05, 3.63) is 21.2 Å². The summed E-state index contributed by atoms with van der Waals surface area (Å²) in [6.07, 6.45) is 1.37. The van der Waals surface area contributed by atoms with E-state index < -0.39 is 5.60 Å². The van der Waals surface area contributed by atoms with Gasteiger partial charge in [-0.1, -0.05) is 0 Å². The summed E-state index contributed by atoms with van der Waals surface area (Å²) >= 11 is 6.88. The molecule has 0 radical (unpaired) electrons. The monoisotopic (exact) mass is 449 g/mol.